The van der Waals surface area contributed by atoms with Gasteiger partial charge >= 0.3 is 5.97 Å². The van der Waals surface area contributed by atoms with Crippen LogP contribution in [0.15, 0.2) is 29.8 Å². The van der Waals surface area contributed by atoms with E-state index in [9.17, 15) is 9.90 Å². The number of aliphatic carboxylic acids is 1. The molecule has 0 amide bonds. The smallest absolute Gasteiger partial charge is 0.331 e. The molecular formula is C21H26O5. The van der Waals surface area contributed by atoms with E-state index in [0.29, 0.717) is 23.5 Å². The summed E-state index contributed by atoms with van der Waals surface area (Å²) in [7, 11) is 3.15. The number of carbonyl (C=O) groups is 1. The second kappa shape index (κ2) is 9.25. The monoisotopic (exact) mass is 358 g/mol. The van der Waals surface area contributed by atoms with Crippen molar-refractivity contribution in [3.8, 4) is 11.5 Å². The maximum Gasteiger partial charge on any atom is 0.331 e. The van der Waals surface area contributed by atoms with E-state index in [1.807, 2.05) is 25.1 Å². The first-order chi connectivity index (χ1) is 12.6. The van der Waals surface area contributed by atoms with Crippen LogP contribution >= 0.6 is 0 Å². The zero-order valence-electron chi connectivity index (χ0n) is 15.8. The molecule has 0 saturated carbocycles. The summed E-state index contributed by atoms with van der Waals surface area (Å²) in [6.07, 6.45) is 4.02. The minimum Gasteiger partial charge on any atom is -0.493 e. The average molecular weight is 358 g/mol. The number of benzene rings is 2. The number of carboxylic acid groups (broad SMARTS) is 1. The number of fused-ring (bicyclic) bond motifs is 1. The van der Waals surface area contributed by atoms with Crippen LogP contribution in [0, 0.1) is 0 Å². The molecule has 2 aromatic carbocycles. The molecule has 0 fully saturated rings. The molecule has 0 aliphatic rings. The second-order valence-corrected chi connectivity index (χ2v) is 5.97. The van der Waals surface area contributed by atoms with Crippen molar-refractivity contribution in [2.45, 2.75) is 33.1 Å². The highest BCUT2D eigenvalue weighted by Crippen LogP contribution is 2.41. The lowest BCUT2D eigenvalue weighted by molar-refractivity contribution is -0.132. The first kappa shape index (κ1) is 19.8. The molecule has 2 aromatic rings. The van der Waals surface area contributed by atoms with Gasteiger partial charge in [-0.3, -0.25) is 0 Å². The van der Waals surface area contributed by atoms with Gasteiger partial charge in [-0.25, -0.2) is 4.79 Å². The highest BCUT2D eigenvalue weighted by Gasteiger charge is 2.17. The van der Waals surface area contributed by atoms with Crippen LogP contribution in [0.3, 0.4) is 0 Å². The average Bonchev–Trinajstić information content (AvgIpc) is 2.64. The Kier molecular flexibility index (Phi) is 7.04. The van der Waals surface area contributed by atoms with Gasteiger partial charge in [0.25, 0.3) is 0 Å². The molecule has 0 unspecified atom stereocenters. The van der Waals surface area contributed by atoms with Gasteiger partial charge in [0, 0.05) is 18.1 Å². The molecule has 0 bridgehead atoms. The SMILES string of the molecule is CCCc1cccc2c(/C=C(\CC)C(=O)O)cc(OC)c(OCOC)c12. The molecule has 2 rings (SSSR count). The minimum absolute atomic E-state index is 0.108. The molecule has 26 heavy (non-hydrogen) atoms. The van der Waals surface area contributed by atoms with E-state index in [1.165, 1.54) is 0 Å². The van der Waals surface area contributed by atoms with E-state index in [-0.39, 0.29) is 6.79 Å². The number of rotatable bonds is 9. The molecular weight excluding hydrogens is 332 g/mol. The number of hydrogen-bond donors (Lipinski definition) is 1. The summed E-state index contributed by atoms with van der Waals surface area (Å²) >= 11 is 0. The molecule has 0 radical (unpaired) electrons. The lowest BCUT2D eigenvalue weighted by atomic mass is 9.95. The van der Waals surface area contributed by atoms with E-state index in [2.05, 4.69) is 13.0 Å². The minimum atomic E-state index is -0.913. The molecule has 5 heteroatoms. The number of hydrogen-bond acceptors (Lipinski definition) is 4. The number of carboxylic acids is 1. The first-order valence-corrected chi connectivity index (χ1v) is 8.75. The van der Waals surface area contributed by atoms with Crippen molar-refractivity contribution < 1.29 is 24.1 Å². The van der Waals surface area contributed by atoms with Gasteiger partial charge in [-0.05, 0) is 41.5 Å². The number of methoxy groups -OCH3 is 2. The van der Waals surface area contributed by atoms with Gasteiger partial charge in [-0.15, -0.1) is 0 Å². The Balaban J connectivity index is 2.83. The second-order valence-electron chi connectivity index (χ2n) is 5.97. The van der Waals surface area contributed by atoms with Crippen molar-refractivity contribution in [1.29, 1.82) is 0 Å². The summed E-state index contributed by atoms with van der Waals surface area (Å²) in [6, 6.07) is 7.86. The van der Waals surface area contributed by atoms with Crippen molar-refractivity contribution in [2.75, 3.05) is 21.0 Å². The molecule has 0 spiro atoms. The molecule has 0 aliphatic heterocycles. The summed E-state index contributed by atoms with van der Waals surface area (Å²) < 4.78 is 16.4. The molecule has 0 saturated heterocycles. The van der Waals surface area contributed by atoms with Gasteiger partial charge in [0.2, 0.25) is 0 Å². The number of ether oxygens (including phenoxy) is 3. The van der Waals surface area contributed by atoms with Gasteiger partial charge < -0.3 is 19.3 Å². The molecule has 140 valence electrons. The Morgan fingerprint density at radius 1 is 1.23 bits per heavy atom. The van der Waals surface area contributed by atoms with Crippen LogP contribution in [0.1, 0.15) is 37.8 Å². The van der Waals surface area contributed by atoms with Gasteiger partial charge in [0.1, 0.15) is 0 Å². The van der Waals surface area contributed by atoms with Crippen LogP contribution in [0.2, 0.25) is 0 Å². The van der Waals surface area contributed by atoms with Crippen LogP contribution in [0.4, 0.5) is 0 Å². The van der Waals surface area contributed by atoms with Gasteiger partial charge in [0.05, 0.1) is 7.11 Å². The Morgan fingerprint density at radius 3 is 2.58 bits per heavy atom. The summed E-state index contributed by atoms with van der Waals surface area (Å²) in [4.78, 5) is 11.5. The fourth-order valence-electron chi connectivity index (χ4n) is 3.03. The normalized spacial score (nSPS) is 11.6. The fourth-order valence-corrected chi connectivity index (χ4v) is 3.03. The molecule has 0 aromatic heterocycles. The zero-order chi connectivity index (χ0) is 19.1. The van der Waals surface area contributed by atoms with E-state index in [4.69, 9.17) is 14.2 Å². The van der Waals surface area contributed by atoms with E-state index >= 15 is 0 Å². The third-order valence-electron chi connectivity index (χ3n) is 4.24. The molecule has 0 heterocycles. The molecule has 1 N–H and O–H groups in total. The van der Waals surface area contributed by atoms with Crippen molar-refractivity contribution in [1.82, 2.24) is 0 Å². The van der Waals surface area contributed by atoms with Gasteiger partial charge in [0.15, 0.2) is 18.3 Å². The predicted molar refractivity (Wildman–Crippen MR) is 103 cm³/mol. The summed E-state index contributed by atoms with van der Waals surface area (Å²) in [6.45, 7) is 4.06. The van der Waals surface area contributed by atoms with E-state index in [1.54, 1.807) is 20.3 Å². The summed E-state index contributed by atoms with van der Waals surface area (Å²) in [5, 5.41) is 11.3. The quantitative estimate of drug-likeness (QED) is 0.522. The zero-order valence-corrected chi connectivity index (χ0v) is 15.8. The molecule has 5 nitrogen and oxygen atoms in total. The van der Waals surface area contributed by atoms with Gasteiger partial charge in [-0.1, -0.05) is 38.5 Å². The first-order valence-electron chi connectivity index (χ1n) is 8.75. The van der Waals surface area contributed by atoms with Crippen molar-refractivity contribution >= 4 is 22.8 Å². The molecule has 0 aliphatic carbocycles. The maximum absolute atomic E-state index is 11.5. The standard InChI is InChI=1S/C21H26O5/c1-5-8-15-9-7-10-17-16(11-14(6-2)21(22)23)12-18(25-4)20(19(15)17)26-13-24-3/h7,9-12H,5-6,8,13H2,1-4H3,(H,22,23)/b14-11+. The maximum atomic E-state index is 11.5. The van der Waals surface area contributed by atoms with Crippen LogP contribution in [0.25, 0.3) is 16.8 Å². The third kappa shape index (κ3) is 4.17. The van der Waals surface area contributed by atoms with Crippen molar-refractivity contribution in [3.63, 3.8) is 0 Å². The molecule has 0 atom stereocenters. The fraction of sp³-hybridized carbons (Fsp3) is 0.381. The Hall–Kier alpha value is -2.53. The van der Waals surface area contributed by atoms with Crippen molar-refractivity contribution in [2.24, 2.45) is 0 Å². The summed E-state index contributed by atoms with van der Waals surface area (Å²) in [5.74, 6) is 0.271. The Bertz CT molecular complexity index is 808. The third-order valence-corrected chi connectivity index (χ3v) is 4.24. The lowest BCUT2D eigenvalue weighted by Gasteiger charge is -2.18. The van der Waals surface area contributed by atoms with Crippen LogP contribution < -0.4 is 9.47 Å². The largest absolute Gasteiger partial charge is 0.493 e. The van der Waals surface area contributed by atoms with Gasteiger partial charge in [-0.2, -0.15) is 0 Å². The lowest BCUT2D eigenvalue weighted by Crippen LogP contribution is -2.04. The van der Waals surface area contributed by atoms with E-state index in [0.717, 1.165) is 34.7 Å². The number of aryl methyl sites for hydroxylation is 1. The van der Waals surface area contributed by atoms with E-state index < -0.39 is 5.97 Å². The Morgan fingerprint density at radius 2 is 2.00 bits per heavy atom. The van der Waals surface area contributed by atoms with Crippen LogP contribution in [0.5, 0.6) is 11.5 Å². The topological polar surface area (TPSA) is 65.0 Å². The highest BCUT2D eigenvalue weighted by molar-refractivity contribution is 6.02. The van der Waals surface area contributed by atoms with Crippen LogP contribution in [-0.4, -0.2) is 32.1 Å². The highest BCUT2D eigenvalue weighted by atomic mass is 16.7. The van der Waals surface area contributed by atoms with Crippen molar-refractivity contribution in [3.05, 3.63) is 41.0 Å². The predicted octanol–water partition coefficient (Wildman–Crippen LogP) is 4.66. The van der Waals surface area contributed by atoms with Crippen LogP contribution in [-0.2, 0) is 16.0 Å². The Labute approximate surface area is 154 Å². The summed E-state index contributed by atoms with van der Waals surface area (Å²) in [5.41, 5.74) is 2.29.